The van der Waals surface area contributed by atoms with Gasteiger partial charge in [-0.1, -0.05) is 0 Å². The van der Waals surface area contributed by atoms with Gasteiger partial charge in [0.15, 0.2) is 17.1 Å². The molecule has 25 heavy (non-hydrogen) atoms. The molecule has 0 fully saturated rings. The van der Waals surface area contributed by atoms with Gasteiger partial charge in [0, 0.05) is 5.56 Å². The van der Waals surface area contributed by atoms with E-state index in [1.54, 1.807) is 12.1 Å². The van der Waals surface area contributed by atoms with Crippen LogP contribution in [-0.2, 0) is 0 Å². The van der Waals surface area contributed by atoms with Crippen molar-refractivity contribution < 1.29 is 14.2 Å². The summed E-state index contributed by atoms with van der Waals surface area (Å²) in [7, 11) is 4.47. The molecule has 9 nitrogen and oxygen atoms in total. The van der Waals surface area contributed by atoms with Crippen LogP contribution in [0.5, 0.6) is 17.2 Å². The second-order valence-corrected chi connectivity index (χ2v) is 5.25. The fourth-order valence-electron chi connectivity index (χ4n) is 2.53. The zero-order chi connectivity index (χ0) is 18.1. The van der Waals surface area contributed by atoms with Gasteiger partial charge in [0.2, 0.25) is 10.5 Å². The van der Waals surface area contributed by atoms with Gasteiger partial charge in [-0.15, -0.1) is 0 Å². The van der Waals surface area contributed by atoms with Crippen LogP contribution in [0, 0.1) is 16.1 Å². The number of benzene rings is 1. The van der Waals surface area contributed by atoms with Gasteiger partial charge < -0.3 is 14.2 Å². The Morgan fingerprint density at radius 1 is 1.16 bits per heavy atom. The normalized spacial score (nSPS) is 10.5. The van der Waals surface area contributed by atoms with Gasteiger partial charge in [-0.25, -0.2) is 19.3 Å². The second kappa shape index (κ2) is 6.29. The Bertz CT molecular complexity index is 1100. The molecule has 10 heteroatoms. The van der Waals surface area contributed by atoms with Crippen LogP contribution in [-0.4, -0.2) is 40.9 Å². The van der Waals surface area contributed by atoms with E-state index in [2.05, 4.69) is 15.2 Å². The molecule has 0 spiro atoms. The van der Waals surface area contributed by atoms with Crippen molar-refractivity contribution in [1.82, 2.24) is 19.6 Å². The zero-order valence-electron chi connectivity index (χ0n) is 13.5. The van der Waals surface area contributed by atoms with E-state index in [9.17, 15) is 10.1 Å². The zero-order valence-corrected chi connectivity index (χ0v) is 14.4. The van der Waals surface area contributed by atoms with Crippen LogP contribution in [0.1, 0.15) is 5.56 Å². The van der Waals surface area contributed by atoms with Crippen molar-refractivity contribution in [3.8, 4) is 34.6 Å². The van der Waals surface area contributed by atoms with Crippen LogP contribution in [0.2, 0.25) is 0 Å². The summed E-state index contributed by atoms with van der Waals surface area (Å²) in [6.45, 7) is 0. The van der Waals surface area contributed by atoms with Crippen molar-refractivity contribution >= 4 is 17.9 Å². The van der Waals surface area contributed by atoms with Crippen molar-refractivity contribution in [3.63, 3.8) is 0 Å². The molecule has 2 aromatic heterocycles. The monoisotopic (exact) mass is 359 g/mol. The van der Waals surface area contributed by atoms with Crippen molar-refractivity contribution in [2.45, 2.75) is 0 Å². The van der Waals surface area contributed by atoms with Gasteiger partial charge >= 0.3 is 5.69 Å². The number of H-pyrrole nitrogens is 2. The third-order valence-corrected chi connectivity index (χ3v) is 3.91. The molecule has 0 aliphatic carbocycles. The number of nitriles is 1. The average molecular weight is 359 g/mol. The van der Waals surface area contributed by atoms with Gasteiger partial charge in [-0.2, -0.15) is 5.26 Å². The Balaban J connectivity index is 2.39. The highest BCUT2D eigenvalue weighted by Crippen LogP contribution is 2.41. The first-order valence-electron chi connectivity index (χ1n) is 6.99. The molecule has 3 aromatic rings. The summed E-state index contributed by atoms with van der Waals surface area (Å²) in [5.74, 6) is 1.23. The van der Waals surface area contributed by atoms with E-state index >= 15 is 0 Å². The lowest BCUT2D eigenvalue weighted by Crippen LogP contribution is -2.12. The fourth-order valence-corrected chi connectivity index (χ4v) is 2.79. The van der Waals surface area contributed by atoms with Crippen molar-refractivity contribution in [2.24, 2.45) is 0 Å². The number of nitrogens with one attached hydrogen (secondary N) is 2. The fraction of sp³-hybridized carbons (Fsp3) is 0.200. The van der Waals surface area contributed by atoms with Gasteiger partial charge in [0.1, 0.15) is 11.6 Å². The standard InChI is InChI=1S/C15H13N5O4S/c1-22-9-4-7(5-10(23-2)12(9)24-3)11-8(6-16)13-18-19-14(21)20(13)15(25)17-11/h4-5,18H,1-3H3,(H,19,21). The van der Waals surface area contributed by atoms with Crippen molar-refractivity contribution in [3.05, 3.63) is 33.0 Å². The highest BCUT2D eigenvalue weighted by molar-refractivity contribution is 7.71. The maximum atomic E-state index is 11.8. The molecule has 0 bridgehead atoms. The van der Waals surface area contributed by atoms with E-state index in [1.165, 1.54) is 21.3 Å². The Labute approximate surface area is 146 Å². The molecule has 0 unspecified atom stereocenters. The third-order valence-electron chi connectivity index (χ3n) is 3.64. The summed E-state index contributed by atoms with van der Waals surface area (Å²) in [5.41, 5.74) is 0.710. The summed E-state index contributed by atoms with van der Waals surface area (Å²) >= 11 is 5.18. The minimum absolute atomic E-state index is 0.0141. The van der Waals surface area contributed by atoms with E-state index in [0.29, 0.717) is 28.5 Å². The number of nitrogens with zero attached hydrogens (tertiary/aromatic N) is 3. The number of aromatic amines is 2. The first-order valence-corrected chi connectivity index (χ1v) is 7.40. The summed E-state index contributed by atoms with van der Waals surface area (Å²) < 4.78 is 17.1. The van der Waals surface area contributed by atoms with E-state index in [4.69, 9.17) is 26.4 Å². The SMILES string of the molecule is COc1cc(-c2nc(=S)n3c(=O)[nH][nH]c3c2C#N)cc(OC)c1OC. The molecule has 0 amide bonds. The number of ether oxygens (including phenoxy) is 3. The van der Waals surface area contributed by atoms with E-state index in [-0.39, 0.29) is 16.0 Å². The summed E-state index contributed by atoms with van der Waals surface area (Å²) in [4.78, 5) is 16.0. The molecule has 3 rings (SSSR count). The molecular weight excluding hydrogens is 346 g/mol. The van der Waals surface area contributed by atoms with Crippen LogP contribution in [0.4, 0.5) is 0 Å². The molecular formula is C15H13N5O4S. The molecule has 0 radical (unpaired) electrons. The summed E-state index contributed by atoms with van der Waals surface area (Å²) in [6.07, 6.45) is 0. The minimum atomic E-state index is -0.500. The molecule has 0 aliphatic rings. The first kappa shape index (κ1) is 16.5. The maximum absolute atomic E-state index is 11.8. The Hall–Kier alpha value is -3.32. The maximum Gasteiger partial charge on any atom is 0.348 e. The average Bonchev–Trinajstić information content (AvgIpc) is 3.02. The van der Waals surface area contributed by atoms with Gasteiger partial charge in [0.05, 0.1) is 27.0 Å². The molecule has 0 aliphatic heterocycles. The Morgan fingerprint density at radius 3 is 2.32 bits per heavy atom. The van der Waals surface area contributed by atoms with Gasteiger partial charge in [-0.05, 0) is 24.4 Å². The molecule has 0 saturated heterocycles. The molecule has 1 aromatic carbocycles. The number of rotatable bonds is 4. The number of hydrogen-bond donors (Lipinski definition) is 2. The highest BCUT2D eigenvalue weighted by Gasteiger charge is 2.20. The lowest BCUT2D eigenvalue weighted by Gasteiger charge is -2.14. The largest absolute Gasteiger partial charge is 0.493 e. The predicted molar refractivity (Wildman–Crippen MR) is 90.8 cm³/mol. The number of hydrogen-bond acceptors (Lipinski definition) is 7. The van der Waals surface area contributed by atoms with E-state index in [1.807, 2.05) is 6.07 Å². The summed E-state index contributed by atoms with van der Waals surface area (Å²) in [6, 6.07) is 5.36. The van der Waals surface area contributed by atoms with E-state index < -0.39 is 5.69 Å². The third kappa shape index (κ3) is 2.50. The topological polar surface area (TPSA) is 117 Å². The predicted octanol–water partition coefficient (Wildman–Crippen LogP) is 1.64. The molecule has 0 saturated carbocycles. The molecule has 2 heterocycles. The van der Waals surface area contributed by atoms with Crippen LogP contribution < -0.4 is 19.9 Å². The minimum Gasteiger partial charge on any atom is -0.493 e. The van der Waals surface area contributed by atoms with Crippen molar-refractivity contribution in [2.75, 3.05) is 21.3 Å². The number of fused-ring (bicyclic) bond motifs is 1. The van der Waals surface area contributed by atoms with Crippen LogP contribution >= 0.6 is 12.2 Å². The smallest absolute Gasteiger partial charge is 0.348 e. The Kier molecular flexibility index (Phi) is 4.16. The summed E-state index contributed by atoms with van der Waals surface area (Å²) in [5, 5.41) is 14.6. The van der Waals surface area contributed by atoms with E-state index in [0.717, 1.165) is 4.40 Å². The van der Waals surface area contributed by atoms with Crippen molar-refractivity contribution in [1.29, 1.82) is 5.26 Å². The van der Waals surface area contributed by atoms with Crippen LogP contribution in [0.25, 0.3) is 16.9 Å². The number of aromatic nitrogens is 4. The lowest BCUT2D eigenvalue weighted by atomic mass is 10.1. The Morgan fingerprint density at radius 2 is 1.80 bits per heavy atom. The van der Waals surface area contributed by atoms with Crippen LogP contribution in [0.15, 0.2) is 16.9 Å². The first-order chi connectivity index (χ1) is 12.0. The second-order valence-electron chi connectivity index (χ2n) is 4.88. The van der Waals surface area contributed by atoms with Gasteiger partial charge in [-0.3, -0.25) is 5.10 Å². The molecule has 2 N–H and O–H groups in total. The molecule has 0 atom stereocenters. The highest BCUT2D eigenvalue weighted by atomic mass is 32.1. The van der Waals surface area contributed by atoms with Crippen LogP contribution in [0.3, 0.4) is 0 Å². The lowest BCUT2D eigenvalue weighted by molar-refractivity contribution is 0.324. The quantitative estimate of drug-likeness (QED) is 0.680. The number of methoxy groups -OCH3 is 3. The van der Waals surface area contributed by atoms with Gasteiger partial charge in [0.25, 0.3) is 0 Å². The molecule has 128 valence electrons.